The van der Waals surface area contributed by atoms with E-state index in [4.69, 9.17) is 30.5 Å². The zero-order valence-electron chi connectivity index (χ0n) is 21.8. The summed E-state index contributed by atoms with van der Waals surface area (Å²) in [7, 11) is 3.88. The van der Waals surface area contributed by atoms with Gasteiger partial charge in [0, 0.05) is 36.5 Å². The number of benzene rings is 2. The second-order valence-electron chi connectivity index (χ2n) is 10.5. The third kappa shape index (κ3) is 7.07. The van der Waals surface area contributed by atoms with Gasteiger partial charge in [-0.15, -0.1) is 0 Å². The Morgan fingerprint density at radius 1 is 1.14 bits per heavy atom. The lowest BCUT2D eigenvalue weighted by Crippen LogP contribution is -2.60. The van der Waals surface area contributed by atoms with Gasteiger partial charge in [0.1, 0.15) is 11.9 Å². The van der Waals surface area contributed by atoms with Gasteiger partial charge in [-0.3, -0.25) is 4.79 Å². The Hall–Kier alpha value is -2.07. The summed E-state index contributed by atoms with van der Waals surface area (Å²) in [6.45, 7) is 5.03. The molecule has 202 valence electrons. The molecule has 1 N–H and O–H groups in total. The third-order valence-corrected chi connectivity index (χ3v) is 6.96. The molecule has 1 unspecified atom stereocenters. The minimum Gasteiger partial charge on any atom is -0.371 e. The first-order chi connectivity index (χ1) is 17.6. The summed E-state index contributed by atoms with van der Waals surface area (Å²) in [5.41, 5.74) is -0.00930. The number of hydrogen-bond donors (Lipinski definition) is 1. The van der Waals surface area contributed by atoms with Crippen LogP contribution in [0.3, 0.4) is 0 Å². The molecule has 2 aliphatic rings. The third-order valence-electron chi connectivity index (χ3n) is 6.72. The first-order valence-electron chi connectivity index (χ1n) is 12.6. The molecule has 2 aromatic carbocycles. The second-order valence-corrected chi connectivity index (χ2v) is 10.9. The fraction of sp³-hybridized carbons (Fsp3) is 0.536. The molecule has 2 aromatic rings. The van der Waals surface area contributed by atoms with E-state index < -0.39 is 23.6 Å². The van der Waals surface area contributed by atoms with Crippen molar-refractivity contribution in [2.75, 3.05) is 27.2 Å². The van der Waals surface area contributed by atoms with Crippen LogP contribution in [0.5, 0.6) is 0 Å². The molecule has 37 heavy (non-hydrogen) atoms. The molecule has 1 aliphatic carbocycles. The first kappa shape index (κ1) is 28.0. The van der Waals surface area contributed by atoms with Gasteiger partial charge in [0.15, 0.2) is 11.4 Å². The Morgan fingerprint density at radius 3 is 2.65 bits per heavy atom. The summed E-state index contributed by atoms with van der Waals surface area (Å²) in [5.74, 6) is -1.49. The van der Waals surface area contributed by atoms with Crippen molar-refractivity contribution in [3.63, 3.8) is 0 Å². The van der Waals surface area contributed by atoms with Crippen molar-refractivity contribution in [3.05, 3.63) is 70.5 Å². The maximum Gasteiger partial charge on any atom is 0.252 e. The molecular formula is C28H36ClFN2O5. The van der Waals surface area contributed by atoms with E-state index >= 15 is 0 Å². The molecule has 1 saturated carbocycles. The monoisotopic (exact) mass is 534 g/mol. The van der Waals surface area contributed by atoms with E-state index in [0.29, 0.717) is 23.7 Å². The number of halogens is 2. The average Bonchev–Trinajstić information content (AvgIpc) is 3.15. The van der Waals surface area contributed by atoms with Gasteiger partial charge in [-0.2, -0.15) is 0 Å². The van der Waals surface area contributed by atoms with E-state index in [0.717, 1.165) is 5.56 Å². The minimum atomic E-state index is -1.29. The van der Waals surface area contributed by atoms with Crippen LogP contribution in [0.15, 0.2) is 48.5 Å². The minimum absolute atomic E-state index is 0.0591. The molecule has 2 fully saturated rings. The number of nitrogens with zero attached hydrogens (tertiary/aromatic N) is 1. The summed E-state index contributed by atoms with van der Waals surface area (Å²) in [6.07, 6.45) is -0.821. The van der Waals surface area contributed by atoms with Crippen LogP contribution in [0.25, 0.3) is 0 Å². The van der Waals surface area contributed by atoms with Gasteiger partial charge in [0.2, 0.25) is 0 Å². The summed E-state index contributed by atoms with van der Waals surface area (Å²) in [5, 5.41) is 3.63. The zero-order chi connectivity index (χ0) is 26.6. The summed E-state index contributed by atoms with van der Waals surface area (Å²) in [4.78, 5) is 15.7. The molecule has 7 nitrogen and oxygen atoms in total. The largest absolute Gasteiger partial charge is 0.371 e. The van der Waals surface area contributed by atoms with Gasteiger partial charge in [-0.25, -0.2) is 4.39 Å². The molecule has 1 aliphatic heterocycles. The fourth-order valence-corrected chi connectivity index (χ4v) is 5.14. The number of hydrogen-bond acceptors (Lipinski definition) is 6. The van der Waals surface area contributed by atoms with Crippen molar-refractivity contribution < 1.29 is 28.1 Å². The lowest BCUT2D eigenvalue weighted by atomic mass is 9.78. The zero-order valence-corrected chi connectivity index (χ0v) is 22.6. The van der Waals surface area contributed by atoms with E-state index in [1.54, 1.807) is 24.3 Å². The predicted molar refractivity (Wildman–Crippen MR) is 139 cm³/mol. The Labute approximate surface area is 223 Å². The molecule has 0 aromatic heterocycles. The van der Waals surface area contributed by atoms with Crippen LogP contribution in [0, 0.1) is 5.82 Å². The fourth-order valence-electron chi connectivity index (χ4n) is 4.92. The number of fused-ring (bicyclic) bond motifs is 1. The maximum absolute atomic E-state index is 14.4. The van der Waals surface area contributed by atoms with Gasteiger partial charge >= 0.3 is 0 Å². The Bertz CT molecular complexity index is 1080. The summed E-state index contributed by atoms with van der Waals surface area (Å²) in [6, 6.07) is 13.8. The molecule has 4 rings (SSSR count). The Kier molecular flexibility index (Phi) is 8.89. The van der Waals surface area contributed by atoms with Gasteiger partial charge in [-0.05, 0) is 51.7 Å². The van der Waals surface area contributed by atoms with Crippen LogP contribution < -0.4 is 5.32 Å². The van der Waals surface area contributed by atoms with Crippen LogP contribution in [0.1, 0.15) is 37.8 Å². The molecular weight excluding hydrogens is 499 g/mol. The van der Waals surface area contributed by atoms with E-state index in [2.05, 4.69) is 5.32 Å². The highest BCUT2D eigenvalue weighted by atomic mass is 35.5. The van der Waals surface area contributed by atoms with E-state index in [1.165, 1.54) is 6.07 Å². The molecule has 1 heterocycles. The molecule has 1 saturated heterocycles. The number of carbonyl (C=O) groups is 1. The highest BCUT2D eigenvalue weighted by molar-refractivity contribution is 6.30. The Balaban J connectivity index is 1.60. The highest BCUT2D eigenvalue weighted by Crippen LogP contribution is 2.44. The van der Waals surface area contributed by atoms with Gasteiger partial charge in [0.25, 0.3) is 5.91 Å². The maximum atomic E-state index is 14.4. The van der Waals surface area contributed by atoms with Gasteiger partial charge < -0.3 is 29.2 Å². The normalized spacial score (nSPS) is 26.7. The SMILES string of the molecule is CN(C)CCNC(=O)[C@@]1(OCc2ccccc2F)CC(OCc2cccc(Cl)c2)[C@@H]2OC(C)(C)O[C@@H]2C1. The smallest absolute Gasteiger partial charge is 0.252 e. The lowest BCUT2D eigenvalue weighted by Gasteiger charge is -2.43. The van der Waals surface area contributed by atoms with Gasteiger partial charge in [0.05, 0.1) is 25.4 Å². The molecule has 0 spiro atoms. The number of rotatable bonds is 10. The highest BCUT2D eigenvalue weighted by Gasteiger charge is 2.58. The number of carbonyl (C=O) groups excluding carboxylic acids is 1. The van der Waals surface area contributed by atoms with Crippen molar-refractivity contribution in [3.8, 4) is 0 Å². The summed E-state index contributed by atoms with van der Waals surface area (Å²) >= 11 is 6.16. The van der Waals surface area contributed by atoms with Crippen molar-refractivity contribution in [2.45, 2.75) is 69.6 Å². The number of ether oxygens (including phenoxy) is 4. The van der Waals surface area contributed by atoms with Crippen LogP contribution >= 0.6 is 11.6 Å². The van der Waals surface area contributed by atoms with Crippen LogP contribution in [-0.2, 0) is 37.0 Å². The van der Waals surface area contributed by atoms with E-state index in [-0.39, 0.29) is 43.9 Å². The molecule has 1 amide bonds. The second kappa shape index (κ2) is 11.8. The van der Waals surface area contributed by atoms with E-state index in [9.17, 15) is 9.18 Å². The average molecular weight is 535 g/mol. The van der Waals surface area contributed by atoms with Crippen LogP contribution in [-0.4, -0.2) is 67.7 Å². The molecule has 9 heteroatoms. The quantitative estimate of drug-likeness (QED) is 0.490. The van der Waals surface area contributed by atoms with E-state index in [1.807, 2.05) is 51.0 Å². The molecule has 4 atom stereocenters. The Morgan fingerprint density at radius 2 is 1.92 bits per heavy atom. The van der Waals surface area contributed by atoms with Crippen molar-refractivity contribution >= 4 is 17.5 Å². The van der Waals surface area contributed by atoms with Crippen molar-refractivity contribution in [2.24, 2.45) is 0 Å². The predicted octanol–water partition coefficient (Wildman–Crippen LogP) is 4.31. The number of likely N-dealkylation sites (N-methyl/N-ethyl adjacent to an activating group) is 1. The van der Waals surface area contributed by atoms with Crippen LogP contribution in [0.4, 0.5) is 4.39 Å². The number of nitrogens with one attached hydrogen (secondary N) is 1. The topological polar surface area (TPSA) is 69.3 Å². The standard InChI is InChI=1S/C28H36ClFN2O5/c1-27(2)36-24-16-28(26(33)31-12-13-32(3)4,35-18-20-9-5-6-11-22(20)30)15-23(25(24)37-27)34-17-19-8-7-10-21(29)14-19/h5-11,14,23-25H,12-13,15-18H2,1-4H3,(H,31,33)/t23?,24-,25+,28-/m1/s1. The van der Waals surface area contributed by atoms with Crippen molar-refractivity contribution in [1.29, 1.82) is 0 Å². The summed E-state index contributed by atoms with van der Waals surface area (Å²) < 4.78 is 39.5. The number of amides is 1. The lowest BCUT2D eigenvalue weighted by molar-refractivity contribution is -0.183. The molecule has 0 radical (unpaired) electrons. The first-order valence-corrected chi connectivity index (χ1v) is 13.0. The molecule has 0 bridgehead atoms. The van der Waals surface area contributed by atoms with Crippen molar-refractivity contribution in [1.82, 2.24) is 10.2 Å². The van der Waals surface area contributed by atoms with Gasteiger partial charge in [-0.1, -0.05) is 41.9 Å². The van der Waals surface area contributed by atoms with Crippen LogP contribution in [0.2, 0.25) is 5.02 Å².